The minimum absolute atomic E-state index is 0.120. The lowest BCUT2D eigenvalue weighted by Crippen LogP contribution is -2.07. The third-order valence-electron chi connectivity index (χ3n) is 2.23. The van der Waals surface area contributed by atoms with Crippen LogP contribution in [-0.2, 0) is 7.05 Å². The average molecular weight is 243 g/mol. The second kappa shape index (κ2) is 3.87. The predicted molar refractivity (Wildman–Crippen MR) is 61.4 cm³/mol. The summed E-state index contributed by atoms with van der Waals surface area (Å²) in [6.45, 7) is 0. The predicted octanol–water partition coefficient (Wildman–Crippen LogP) is -0.565. The van der Waals surface area contributed by atoms with Crippen LogP contribution < -0.4 is 5.73 Å². The van der Waals surface area contributed by atoms with Crippen LogP contribution in [0.2, 0.25) is 0 Å². The molecule has 0 unspecified atom stereocenters. The molecular weight excluding hydrogens is 234 g/mol. The van der Waals surface area contributed by atoms with E-state index < -0.39 is 0 Å². The molecular formula is C9H9N9. The fourth-order valence-electron chi connectivity index (χ4n) is 1.46. The van der Waals surface area contributed by atoms with E-state index in [1.165, 1.54) is 17.3 Å². The molecule has 9 nitrogen and oxygen atoms in total. The Kier molecular flexibility index (Phi) is 2.22. The Labute approximate surface area is 101 Å². The van der Waals surface area contributed by atoms with Crippen LogP contribution in [0.1, 0.15) is 0 Å². The van der Waals surface area contributed by atoms with Gasteiger partial charge in [-0.15, -0.1) is 0 Å². The Balaban J connectivity index is 2.11. The van der Waals surface area contributed by atoms with Crippen LogP contribution in [0.4, 0.5) is 5.95 Å². The molecule has 2 N–H and O–H groups in total. The van der Waals surface area contributed by atoms with Gasteiger partial charge in [0.05, 0.1) is 11.8 Å². The zero-order valence-electron chi connectivity index (χ0n) is 9.46. The van der Waals surface area contributed by atoms with E-state index in [1.54, 1.807) is 17.1 Å². The highest BCUT2D eigenvalue weighted by atomic mass is 15.4. The van der Waals surface area contributed by atoms with Gasteiger partial charge in [-0.3, -0.25) is 4.68 Å². The first-order valence-corrected chi connectivity index (χ1v) is 5.08. The average Bonchev–Trinajstić information content (AvgIpc) is 2.98. The third kappa shape index (κ3) is 1.77. The summed E-state index contributed by atoms with van der Waals surface area (Å²) in [5, 5.41) is 8.00. The second-order valence-electron chi connectivity index (χ2n) is 3.56. The molecule has 3 heterocycles. The molecule has 3 aromatic heterocycles. The Morgan fingerprint density at radius 2 is 2.06 bits per heavy atom. The number of rotatable bonds is 2. The SMILES string of the molecule is Cn1cc(-c2nc(N)nc(-n3cncn3)n2)cn1. The molecule has 18 heavy (non-hydrogen) atoms. The lowest BCUT2D eigenvalue weighted by atomic mass is 10.3. The normalized spacial score (nSPS) is 10.7. The first kappa shape index (κ1) is 10.3. The van der Waals surface area contributed by atoms with E-state index in [9.17, 15) is 0 Å². The van der Waals surface area contributed by atoms with Gasteiger partial charge in [-0.1, -0.05) is 0 Å². The number of hydrogen-bond acceptors (Lipinski definition) is 7. The molecule has 0 spiro atoms. The summed E-state index contributed by atoms with van der Waals surface area (Å²) in [7, 11) is 1.81. The minimum atomic E-state index is 0.120. The van der Waals surface area contributed by atoms with Crippen molar-refractivity contribution in [2.75, 3.05) is 5.73 Å². The standard InChI is InChI=1S/C9H9N9/c1-17-3-6(2-12-17)7-14-8(10)16-9(15-7)18-5-11-4-13-18/h2-5H,1H3,(H2,10,14,15,16). The maximum Gasteiger partial charge on any atom is 0.257 e. The van der Waals surface area contributed by atoms with Crippen LogP contribution >= 0.6 is 0 Å². The van der Waals surface area contributed by atoms with Crippen molar-refractivity contribution in [3.05, 3.63) is 25.0 Å². The lowest BCUT2D eigenvalue weighted by Gasteiger charge is -2.02. The van der Waals surface area contributed by atoms with Gasteiger partial charge >= 0.3 is 0 Å². The molecule has 0 fully saturated rings. The number of nitrogens with two attached hydrogens (primary N) is 1. The third-order valence-corrected chi connectivity index (χ3v) is 2.23. The quantitative estimate of drug-likeness (QED) is 0.641. The first-order chi connectivity index (χ1) is 8.72. The maximum absolute atomic E-state index is 5.66. The molecule has 3 rings (SSSR count). The summed E-state index contributed by atoms with van der Waals surface area (Å²) in [4.78, 5) is 16.2. The Bertz CT molecular complexity index is 669. The van der Waals surface area contributed by atoms with E-state index in [0.717, 1.165) is 5.56 Å². The van der Waals surface area contributed by atoms with Gasteiger partial charge in [-0.05, 0) is 0 Å². The summed E-state index contributed by atoms with van der Waals surface area (Å²) in [6.07, 6.45) is 6.32. The molecule has 9 heteroatoms. The zero-order chi connectivity index (χ0) is 12.5. The van der Waals surface area contributed by atoms with Crippen LogP contribution in [0.25, 0.3) is 17.3 Å². The Morgan fingerprint density at radius 3 is 2.72 bits per heavy atom. The fourth-order valence-corrected chi connectivity index (χ4v) is 1.46. The van der Waals surface area contributed by atoms with Crippen molar-refractivity contribution in [2.24, 2.45) is 7.05 Å². The van der Waals surface area contributed by atoms with E-state index in [2.05, 4.69) is 30.1 Å². The molecule has 0 saturated heterocycles. The van der Waals surface area contributed by atoms with Crippen molar-refractivity contribution in [2.45, 2.75) is 0 Å². The highest BCUT2D eigenvalue weighted by Gasteiger charge is 2.10. The number of aryl methyl sites for hydroxylation is 1. The van der Waals surface area contributed by atoms with Gasteiger partial charge in [0.2, 0.25) is 5.95 Å². The maximum atomic E-state index is 5.66. The topological polar surface area (TPSA) is 113 Å². The van der Waals surface area contributed by atoms with Crippen LogP contribution in [0.15, 0.2) is 25.0 Å². The summed E-state index contributed by atoms with van der Waals surface area (Å²) >= 11 is 0. The number of nitrogens with zero attached hydrogens (tertiary/aromatic N) is 8. The molecule has 3 aromatic rings. The molecule has 90 valence electrons. The van der Waals surface area contributed by atoms with E-state index >= 15 is 0 Å². The molecule has 0 atom stereocenters. The van der Waals surface area contributed by atoms with Crippen LogP contribution in [0, 0.1) is 0 Å². The summed E-state index contributed by atoms with van der Waals surface area (Å²) in [5.41, 5.74) is 6.42. The Morgan fingerprint density at radius 1 is 1.17 bits per heavy atom. The summed E-state index contributed by atoms with van der Waals surface area (Å²) < 4.78 is 3.07. The van der Waals surface area contributed by atoms with Crippen LogP contribution in [0.3, 0.4) is 0 Å². The van der Waals surface area contributed by atoms with E-state index in [0.29, 0.717) is 11.8 Å². The number of nitrogen functional groups attached to an aromatic ring is 1. The van der Waals surface area contributed by atoms with Gasteiger partial charge in [0, 0.05) is 13.2 Å². The van der Waals surface area contributed by atoms with Crippen molar-refractivity contribution in [3.63, 3.8) is 0 Å². The highest BCUT2D eigenvalue weighted by Crippen LogP contribution is 2.14. The molecule has 0 aliphatic carbocycles. The van der Waals surface area contributed by atoms with Gasteiger partial charge in [0.1, 0.15) is 12.7 Å². The summed E-state index contributed by atoms with van der Waals surface area (Å²) in [6, 6.07) is 0. The van der Waals surface area contributed by atoms with Crippen molar-refractivity contribution >= 4 is 5.95 Å². The molecule has 0 aromatic carbocycles. The zero-order valence-corrected chi connectivity index (χ0v) is 9.46. The van der Waals surface area contributed by atoms with Crippen molar-refractivity contribution < 1.29 is 0 Å². The van der Waals surface area contributed by atoms with E-state index in [4.69, 9.17) is 5.73 Å². The van der Waals surface area contributed by atoms with Crippen LogP contribution in [0.5, 0.6) is 0 Å². The smallest absolute Gasteiger partial charge is 0.257 e. The van der Waals surface area contributed by atoms with E-state index in [1.807, 2.05) is 7.05 Å². The van der Waals surface area contributed by atoms with Crippen LogP contribution in [-0.4, -0.2) is 39.5 Å². The fraction of sp³-hybridized carbons (Fsp3) is 0.111. The lowest BCUT2D eigenvalue weighted by molar-refractivity contribution is 0.767. The number of hydrogen-bond donors (Lipinski definition) is 1. The van der Waals surface area contributed by atoms with Crippen molar-refractivity contribution in [1.82, 2.24) is 39.5 Å². The molecule has 0 bridgehead atoms. The molecule has 0 aliphatic heterocycles. The Hall–Kier alpha value is -2.84. The first-order valence-electron chi connectivity index (χ1n) is 5.08. The monoisotopic (exact) mass is 243 g/mol. The van der Waals surface area contributed by atoms with Crippen molar-refractivity contribution in [1.29, 1.82) is 0 Å². The number of aromatic nitrogens is 8. The van der Waals surface area contributed by atoms with Gasteiger partial charge in [0.25, 0.3) is 5.95 Å². The highest BCUT2D eigenvalue weighted by molar-refractivity contribution is 5.54. The summed E-state index contributed by atoms with van der Waals surface area (Å²) in [5.74, 6) is 0.884. The van der Waals surface area contributed by atoms with Gasteiger partial charge < -0.3 is 5.73 Å². The molecule has 0 saturated carbocycles. The molecule has 0 radical (unpaired) electrons. The van der Waals surface area contributed by atoms with Crippen molar-refractivity contribution in [3.8, 4) is 17.3 Å². The molecule has 0 aliphatic rings. The second-order valence-corrected chi connectivity index (χ2v) is 3.56. The van der Waals surface area contributed by atoms with E-state index in [-0.39, 0.29) is 5.95 Å². The van der Waals surface area contributed by atoms with Gasteiger partial charge in [0.15, 0.2) is 5.82 Å². The van der Waals surface area contributed by atoms with Gasteiger partial charge in [-0.25, -0.2) is 4.98 Å². The molecule has 0 amide bonds. The van der Waals surface area contributed by atoms with Gasteiger partial charge in [-0.2, -0.15) is 29.8 Å². The minimum Gasteiger partial charge on any atom is -0.368 e. The number of anilines is 1. The largest absolute Gasteiger partial charge is 0.368 e.